The van der Waals surface area contributed by atoms with Crippen molar-refractivity contribution in [3.8, 4) is 5.75 Å². The minimum absolute atomic E-state index is 0.0616. The molecule has 2 N–H and O–H groups in total. The lowest BCUT2D eigenvalue weighted by Crippen LogP contribution is -2.38. The Morgan fingerprint density at radius 2 is 2.10 bits per heavy atom. The van der Waals surface area contributed by atoms with Gasteiger partial charge in [-0.15, -0.1) is 0 Å². The van der Waals surface area contributed by atoms with E-state index in [4.69, 9.17) is 9.84 Å². The molecule has 0 saturated heterocycles. The number of nitrogens with one attached hydrogen (secondary N) is 1. The van der Waals surface area contributed by atoms with Crippen LogP contribution in [-0.2, 0) is 0 Å². The van der Waals surface area contributed by atoms with Gasteiger partial charge in [0.1, 0.15) is 17.9 Å². The molecule has 3 rings (SSSR count). The van der Waals surface area contributed by atoms with Crippen molar-refractivity contribution in [3.05, 3.63) is 47.8 Å². The van der Waals surface area contributed by atoms with E-state index in [0.29, 0.717) is 17.9 Å². The predicted molar refractivity (Wildman–Crippen MR) is 71.4 cm³/mol. The molecule has 0 aliphatic carbocycles. The van der Waals surface area contributed by atoms with Crippen LogP contribution in [0.25, 0.3) is 0 Å². The molecule has 1 amide bonds. The van der Waals surface area contributed by atoms with E-state index in [1.807, 2.05) is 0 Å². The van der Waals surface area contributed by atoms with Gasteiger partial charge in [-0.25, -0.2) is 4.79 Å². The zero-order valence-corrected chi connectivity index (χ0v) is 10.5. The molecule has 1 aliphatic rings. The van der Waals surface area contributed by atoms with Crippen LogP contribution < -0.4 is 9.64 Å². The number of carbonyl (C=O) groups is 2. The highest BCUT2D eigenvalue weighted by Crippen LogP contribution is 2.35. The number of fused-ring (bicyclic) bond motifs is 1. The van der Waals surface area contributed by atoms with Gasteiger partial charge < -0.3 is 19.7 Å². The molecule has 6 heteroatoms. The molecule has 1 aromatic heterocycles. The van der Waals surface area contributed by atoms with Crippen LogP contribution in [0.1, 0.15) is 20.8 Å². The highest BCUT2D eigenvalue weighted by atomic mass is 16.5. The van der Waals surface area contributed by atoms with Crippen molar-refractivity contribution in [2.45, 2.75) is 0 Å². The molecule has 1 aliphatic heterocycles. The van der Waals surface area contributed by atoms with Crippen LogP contribution >= 0.6 is 0 Å². The maximum absolute atomic E-state index is 12.4. The molecule has 0 bridgehead atoms. The van der Waals surface area contributed by atoms with E-state index in [1.54, 1.807) is 30.5 Å². The monoisotopic (exact) mass is 272 g/mol. The van der Waals surface area contributed by atoms with Gasteiger partial charge in [-0.05, 0) is 24.3 Å². The van der Waals surface area contributed by atoms with Gasteiger partial charge in [-0.2, -0.15) is 0 Å². The van der Waals surface area contributed by atoms with E-state index in [9.17, 15) is 9.59 Å². The number of hydrogen-bond donors (Lipinski definition) is 2. The average molecular weight is 272 g/mol. The Morgan fingerprint density at radius 3 is 2.80 bits per heavy atom. The third-order valence-electron chi connectivity index (χ3n) is 3.15. The third kappa shape index (κ3) is 1.91. The van der Waals surface area contributed by atoms with Gasteiger partial charge in [0, 0.05) is 6.20 Å². The molecule has 0 unspecified atom stereocenters. The lowest BCUT2D eigenvalue weighted by molar-refractivity contribution is 0.0690. The number of nitrogens with zero attached hydrogens (tertiary/aromatic N) is 1. The SMILES string of the molecule is O=C(O)c1cccc2c1OCCN2C(=O)c1ccc[nH]1. The van der Waals surface area contributed by atoms with Crippen molar-refractivity contribution in [2.75, 3.05) is 18.1 Å². The quantitative estimate of drug-likeness (QED) is 0.872. The van der Waals surface area contributed by atoms with Crippen molar-refractivity contribution >= 4 is 17.6 Å². The highest BCUT2D eigenvalue weighted by molar-refractivity contribution is 6.07. The first-order valence-corrected chi connectivity index (χ1v) is 6.13. The van der Waals surface area contributed by atoms with Gasteiger partial charge in [-0.3, -0.25) is 4.79 Å². The average Bonchev–Trinajstić information content (AvgIpc) is 2.99. The third-order valence-corrected chi connectivity index (χ3v) is 3.15. The second kappa shape index (κ2) is 4.73. The van der Waals surface area contributed by atoms with Crippen LogP contribution in [0.15, 0.2) is 36.5 Å². The largest absolute Gasteiger partial charge is 0.489 e. The number of carboxylic acids is 1. The van der Waals surface area contributed by atoms with E-state index in [-0.39, 0.29) is 23.8 Å². The fraction of sp³-hybridized carbons (Fsp3) is 0.143. The summed E-state index contributed by atoms with van der Waals surface area (Å²) < 4.78 is 5.43. The molecule has 0 spiro atoms. The Balaban J connectivity index is 2.05. The second-order valence-electron chi connectivity index (χ2n) is 4.35. The number of H-pyrrole nitrogens is 1. The van der Waals surface area contributed by atoms with E-state index >= 15 is 0 Å². The van der Waals surface area contributed by atoms with Crippen LogP contribution in [0.2, 0.25) is 0 Å². The second-order valence-corrected chi connectivity index (χ2v) is 4.35. The molecule has 6 nitrogen and oxygen atoms in total. The van der Waals surface area contributed by atoms with Gasteiger partial charge in [-0.1, -0.05) is 6.07 Å². The number of amides is 1. The van der Waals surface area contributed by atoms with E-state index in [1.165, 1.54) is 11.0 Å². The number of carbonyl (C=O) groups excluding carboxylic acids is 1. The zero-order valence-electron chi connectivity index (χ0n) is 10.5. The van der Waals surface area contributed by atoms with E-state index in [2.05, 4.69) is 4.98 Å². The van der Waals surface area contributed by atoms with Gasteiger partial charge in [0.2, 0.25) is 0 Å². The van der Waals surface area contributed by atoms with Crippen LogP contribution in [0.4, 0.5) is 5.69 Å². The number of aromatic carboxylic acids is 1. The number of ether oxygens (including phenoxy) is 1. The van der Waals surface area contributed by atoms with Crippen molar-refractivity contribution in [2.24, 2.45) is 0 Å². The van der Waals surface area contributed by atoms with Gasteiger partial charge >= 0.3 is 5.97 Å². The van der Waals surface area contributed by atoms with Crippen molar-refractivity contribution in [1.82, 2.24) is 4.98 Å². The standard InChI is InChI=1S/C14H12N2O4/c17-13(10-4-2-6-15-10)16-7-8-20-12-9(14(18)19)3-1-5-11(12)16/h1-6,15H,7-8H2,(H,18,19). The van der Waals surface area contributed by atoms with Crippen molar-refractivity contribution in [1.29, 1.82) is 0 Å². The molecule has 0 saturated carbocycles. The first kappa shape index (κ1) is 12.3. The Kier molecular flexibility index (Phi) is 2.90. The zero-order chi connectivity index (χ0) is 14.1. The predicted octanol–water partition coefficient (Wildman–Crippen LogP) is 1.75. The van der Waals surface area contributed by atoms with E-state index in [0.717, 1.165) is 0 Å². The van der Waals surface area contributed by atoms with Crippen LogP contribution in [0, 0.1) is 0 Å². The van der Waals surface area contributed by atoms with E-state index < -0.39 is 5.97 Å². The molecule has 20 heavy (non-hydrogen) atoms. The minimum atomic E-state index is -1.07. The maximum Gasteiger partial charge on any atom is 0.339 e. The summed E-state index contributed by atoms with van der Waals surface area (Å²) in [6, 6.07) is 8.16. The summed E-state index contributed by atoms with van der Waals surface area (Å²) in [6.45, 7) is 0.650. The topological polar surface area (TPSA) is 82.6 Å². The smallest absolute Gasteiger partial charge is 0.339 e. The molecule has 2 aromatic rings. The molecule has 0 fully saturated rings. The Bertz CT molecular complexity index is 664. The molecular weight excluding hydrogens is 260 g/mol. The molecule has 102 valence electrons. The highest BCUT2D eigenvalue weighted by Gasteiger charge is 2.28. The summed E-state index contributed by atoms with van der Waals surface area (Å²) in [4.78, 5) is 28.0. The summed E-state index contributed by atoms with van der Waals surface area (Å²) in [5.74, 6) is -1.04. The fourth-order valence-corrected chi connectivity index (χ4v) is 2.24. The Morgan fingerprint density at radius 1 is 1.25 bits per heavy atom. The van der Waals surface area contributed by atoms with Crippen molar-refractivity contribution in [3.63, 3.8) is 0 Å². The molecule has 2 heterocycles. The van der Waals surface area contributed by atoms with Crippen LogP contribution in [-0.4, -0.2) is 35.1 Å². The summed E-state index contributed by atoms with van der Waals surface area (Å²) in [5.41, 5.74) is 1.00. The fourth-order valence-electron chi connectivity index (χ4n) is 2.24. The maximum atomic E-state index is 12.4. The Labute approximate surface area is 114 Å². The lowest BCUT2D eigenvalue weighted by Gasteiger charge is -2.30. The molecule has 0 radical (unpaired) electrons. The number of para-hydroxylation sites is 1. The van der Waals surface area contributed by atoms with Crippen LogP contribution in [0.3, 0.4) is 0 Å². The number of benzene rings is 1. The van der Waals surface area contributed by atoms with Gasteiger partial charge in [0.25, 0.3) is 5.91 Å². The number of anilines is 1. The number of hydrogen-bond acceptors (Lipinski definition) is 3. The minimum Gasteiger partial charge on any atom is -0.489 e. The number of carboxylic acid groups (broad SMARTS) is 1. The summed E-state index contributed by atoms with van der Waals surface area (Å²) >= 11 is 0. The molecule has 1 aromatic carbocycles. The Hall–Kier alpha value is -2.76. The summed E-state index contributed by atoms with van der Waals surface area (Å²) in [6.07, 6.45) is 1.67. The number of aromatic nitrogens is 1. The summed E-state index contributed by atoms with van der Waals surface area (Å²) in [7, 11) is 0. The normalized spacial score (nSPS) is 13.5. The van der Waals surface area contributed by atoms with Crippen molar-refractivity contribution < 1.29 is 19.4 Å². The van der Waals surface area contributed by atoms with Gasteiger partial charge in [0.15, 0.2) is 5.75 Å². The first-order valence-electron chi connectivity index (χ1n) is 6.13. The summed E-state index contributed by atoms with van der Waals surface area (Å²) in [5, 5.41) is 9.16. The van der Waals surface area contributed by atoms with Crippen LogP contribution in [0.5, 0.6) is 5.75 Å². The van der Waals surface area contributed by atoms with Gasteiger partial charge in [0.05, 0.1) is 12.2 Å². The number of aromatic amines is 1. The first-order chi connectivity index (χ1) is 9.68. The molecule has 0 atom stereocenters. The molecular formula is C14H12N2O4. The number of rotatable bonds is 2. The lowest BCUT2D eigenvalue weighted by atomic mass is 10.1.